The van der Waals surface area contributed by atoms with Crippen LogP contribution in [0.2, 0.25) is 0 Å². The van der Waals surface area contributed by atoms with Crippen LogP contribution in [0.1, 0.15) is 0 Å². The first-order valence-electron chi connectivity index (χ1n) is 5.82. The molecule has 0 saturated heterocycles. The number of hydrogen-bond acceptors (Lipinski definition) is 4. The van der Waals surface area contributed by atoms with Crippen molar-refractivity contribution >= 4 is 17.2 Å². The summed E-state index contributed by atoms with van der Waals surface area (Å²) in [6.07, 6.45) is 0. The van der Waals surface area contributed by atoms with Crippen molar-refractivity contribution in [3.8, 4) is 22.0 Å². The number of nitrogens with zero attached hydrogens (tertiary/aromatic N) is 2. The van der Waals surface area contributed by atoms with Gasteiger partial charge in [-0.2, -0.15) is 5.10 Å². The van der Waals surface area contributed by atoms with Crippen molar-refractivity contribution in [2.45, 2.75) is 0 Å². The average Bonchev–Trinajstić information content (AvgIpc) is 3.07. The molecule has 4 nitrogen and oxygen atoms in total. The number of rotatable bonds is 3. The molecule has 96 valence electrons. The summed E-state index contributed by atoms with van der Waals surface area (Å²) in [6, 6.07) is 13.6. The second kappa shape index (κ2) is 4.78. The quantitative estimate of drug-likeness (QED) is 0.796. The predicted octanol–water partition coefficient (Wildman–Crippen LogP) is 3.19. The second-order valence-corrected chi connectivity index (χ2v) is 4.96. The van der Waals surface area contributed by atoms with E-state index in [1.54, 1.807) is 23.1 Å². The molecule has 0 aliphatic heterocycles. The third-order valence-electron chi connectivity index (χ3n) is 2.82. The first-order valence-corrected chi connectivity index (χ1v) is 6.70. The Labute approximate surface area is 115 Å². The molecule has 0 atom stereocenters. The summed E-state index contributed by atoms with van der Waals surface area (Å²) in [5.74, 6) is 1.34. The summed E-state index contributed by atoms with van der Waals surface area (Å²) >= 11 is 1.64. The maximum Gasteiger partial charge on any atom is 0.144 e. The fourth-order valence-electron chi connectivity index (χ4n) is 1.94. The third-order valence-corrected chi connectivity index (χ3v) is 3.72. The van der Waals surface area contributed by atoms with E-state index < -0.39 is 0 Å². The number of nitrogen functional groups attached to an aromatic ring is 1. The fourth-order valence-corrected chi connectivity index (χ4v) is 2.62. The molecule has 0 amide bonds. The van der Waals surface area contributed by atoms with Crippen LogP contribution in [-0.4, -0.2) is 16.9 Å². The molecule has 3 rings (SSSR count). The van der Waals surface area contributed by atoms with E-state index in [2.05, 4.69) is 5.10 Å². The minimum atomic E-state index is 0.591. The van der Waals surface area contributed by atoms with Crippen LogP contribution in [0.3, 0.4) is 0 Å². The van der Waals surface area contributed by atoms with E-state index in [9.17, 15) is 0 Å². The van der Waals surface area contributed by atoms with E-state index in [0.717, 1.165) is 22.0 Å². The number of para-hydroxylation sites is 2. The van der Waals surface area contributed by atoms with Gasteiger partial charge < -0.3 is 10.5 Å². The molecule has 0 aliphatic carbocycles. The van der Waals surface area contributed by atoms with Gasteiger partial charge >= 0.3 is 0 Å². The summed E-state index contributed by atoms with van der Waals surface area (Å²) in [6.45, 7) is 0. The molecule has 2 aromatic heterocycles. The Morgan fingerprint density at radius 1 is 1.21 bits per heavy atom. The largest absolute Gasteiger partial charge is 0.494 e. The minimum absolute atomic E-state index is 0.591. The van der Waals surface area contributed by atoms with E-state index in [1.165, 1.54) is 0 Å². The maximum atomic E-state index is 6.05. The van der Waals surface area contributed by atoms with Crippen LogP contribution in [0.25, 0.3) is 16.3 Å². The first-order chi connectivity index (χ1) is 9.29. The molecule has 0 radical (unpaired) electrons. The number of benzene rings is 1. The van der Waals surface area contributed by atoms with Gasteiger partial charge in [0.05, 0.1) is 12.0 Å². The summed E-state index contributed by atoms with van der Waals surface area (Å²) in [7, 11) is 1.64. The molecule has 2 heterocycles. The zero-order valence-electron chi connectivity index (χ0n) is 10.4. The summed E-state index contributed by atoms with van der Waals surface area (Å²) in [4.78, 5) is 1.10. The lowest BCUT2D eigenvalue weighted by atomic mass is 10.3. The lowest BCUT2D eigenvalue weighted by molar-refractivity contribution is 0.412. The van der Waals surface area contributed by atoms with E-state index >= 15 is 0 Å². The number of methoxy groups -OCH3 is 1. The normalized spacial score (nSPS) is 10.6. The van der Waals surface area contributed by atoms with Crippen molar-refractivity contribution in [3.63, 3.8) is 0 Å². The van der Waals surface area contributed by atoms with Crippen LogP contribution in [0, 0.1) is 0 Å². The highest BCUT2D eigenvalue weighted by Crippen LogP contribution is 2.29. The van der Waals surface area contributed by atoms with Crippen LogP contribution >= 0.6 is 11.3 Å². The Bertz CT molecular complexity index is 689. The molecule has 0 bridgehead atoms. The summed E-state index contributed by atoms with van der Waals surface area (Å²) < 4.78 is 7.04. The van der Waals surface area contributed by atoms with Gasteiger partial charge in [0.15, 0.2) is 0 Å². The number of ether oxygens (including phenoxy) is 1. The van der Waals surface area contributed by atoms with Gasteiger partial charge in [0.2, 0.25) is 0 Å². The highest BCUT2D eigenvalue weighted by molar-refractivity contribution is 7.13. The van der Waals surface area contributed by atoms with Gasteiger partial charge in [-0.1, -0.05) is 18.2 Å². The van der Waals surface area contributed by atoms with Crippen molar-refractivity contribution in [1.82, 2.24) is 9.78 Å². The van der Waals surface area contributed by atoms with E-state index in [4.69, 9.17) is 10.5 Å². The number of aromatic nitrogens is 2. The van der Waals surface area contributed by atoms with E-state index in [1.807, 2.05) is 47.8 Å². The maximum absolute atomic E-state index is 6.05. The van der Waals surface area contributed by atoms with Crippen molar-refractivity contribution < 1.29 is 4.74 Å². The highest BCUT2D eigenvalue weighted by Gasteiger charge is 2.12. The first kappa shape index (κ1) is 11.8. The second-order valence-electron chi connectivity index (χ2n) is 4.02. The van der Waals surface area contributed by atoms with Crippen molar-refractivity contribution in [2.75, 3.05) is 12.8 Å². The topological polar surface area (TPSA) is 53.1 Å². The Balaban J connectivity index is 2.11. The molecule has 19 heavy (non-hydrogen) atoms. The Morgan fingerprint density at radius 2 is 2.05 bits per heavy atom. The zero-order valence-corrected chi connectivity index (χ0v) is 11.2. The zero-order chi connectivity index (χ0) is 13.2. The number of thiophene rings is 1. The number of anilines is 1. The van der Waals surface area contributed by atoms with Crippen LogP contribution in [0.4, 0.5) is 5.82 Å². The molecule has 2 N–H and O–H groups in total. The van der Waals surface area contributed by atoms with Crippen molar-refractivity contribution in [1.29, 1.82) is 0 Å². The number of nitrogens with two attached hydrogens (primary N) is 1. The number of hydrogen-bond donors (Lipinski definition) is 1. The monoisotopic (exact) mass is 271 g/mol. The van der Waals surface area contributed by atoms with Crippen molar-refractivity contribution in [2.24, 2.45) is 0 Å². The summed E-state index contributed by atoms with van der Waals surface area (Å²) in [5.41, 5.74) is 7.76. The Hall–Kier alpha value is -2.27. The standard InChI is InChI=1S/C14H13N3OS/c1-18-12-6-3-2-5-11(12)17-14(15)9-10(16-17)13-7-4-8-19-13/h2-9H,15H2,1H3. The van der Waals surface area contributed by atoms with Crippen LogP contribution in [0.15, 0.2) is 47.8 Å². The van der Waals surface area contributed by atoms with E-state index in [0.29, 0.717) is 5.82 Å². The molecule has 0 unspecified atom stereocenters. The van der Waals surface area contributed by atoms with Gasteiger partial charge in [0.1, 0.15) is 22.9 Å². The smallest absolute Gasteiger partial charge is 0.144 e. The molecular formula is C14H13N3OS. The fraction of sp³-hybridized carbons (Fsp3) is 0.0714. The highest BCUT2D eigenvalue weighted by atomic mass is 32.1. The van der Waals surface area contributed by atoms with Gasteiger partial charge in [0.25, 0.3) is 0 Å². The molecule has 5 heteroatoms. The molecule has 0 spiro atoms. The molecule has 0 aliphatic rings. The lowest BCUT2D eigenvalue weighted by Gasteiger charge is -2.08. The molecule has 0 saturated carbocycles. The van der Waals surface area contributed by atoms with Crippen molar-refractivity contribution in [3.05, 3.63) is 47.8 Å². The Kier molecular flexibility index (Phi) is 2.97. The predicted molar refractivity (Wildman–Crippen MR) is 77.8 cm³/mol. The van der Waals surface area contributed by atoms with Gasteiger partial charge in [-0.3, -0.25) is 0 Å². The molecular weight excluding hydrogens is 258 g/mol. The SMILES string of the molecule is COc1ccccc1-n1nc(-c2cccs2)cc1N. The van der Waals surface area contributed by atoms with Crippen LogP contribution in [-0.2, 0) is 0 Å². The van der Waals surface area contributed by atoms with Gasteiger partial charge in [-0.05, 0) is 23.6 Å². The summed E-state index contributed by atoms with van der Waals surface area (Å²) in [5, 5.41) is 6.57. The molecule has 1 aromatic carbocycles. The molecule has 0 fully saturated rings. The molecule has 3 aromatic rings. The van der Waals surface area contributed by atoms with Crippen LogP contribution in [0.5, 0.6) is 5.75 Å². The van der Waals surface area contributed by atoms with Gasteiger partial charge in [-0.15, -0.1) is 11.3 Å². The van der Waals surface area contributed by atoms with Gasteiger partial charge in [-0.25, -0.2) is 4.68 Å². The lowest BCUT2D eigenvalue weighted by Crippen LogP contribution is -2.03. The van der Waals surface area contributed by atoms with E-state index in [-0.39, 0.29) is 0 Å². The minimum Gasteiger partial charge on any atom is -0.494 e. The Morgan fingerprint density at radius 3 is 2.79 bits per heavy atom. The average molecular weight is 271 g/mol. The van der Waals surface area contributed by atoms with Crippen LogP contribution < -0.4 is 10.5 Å². The van der Waals surface area contributed by atoms with Gasteiger partial charge in [0, 0.05) is 6.07 Å². The third kappa shape index (κ3) is 2.08.